The van der Waals surface area contributed by atoms with Crippen LogP contribution in [0.4, 0.5) is 0 Å². The van der Waals surface area contributed by atoms with Gasteiger partial charge in [-0.15, -0.1) is 0 Å². The molecular formula is C25H26N2O3. The van der Waals surface area contributed by atoms with Gasteiger partial charge in [-0.25, -0.2) is 0 Å². The molecule has 5 nitrogen and oxygen atoms in total. The summed E-state index contributed by atoms with van der Waals surface area (Å²) in [5.41, 5.74) is 3.23. The van der Waals surface area contributed by atoms with Crippen molar-refractivity contribution in [3.8, 4) is 16.9 Å². The number of nitrogens with zero attached hydrogens (tertiary/aromatic N) is 2. The molecule has 1 unspecified atom stereocenters. The number of likely N-dealkylation sites (tertiary alicyclic amines) is 1. The Bertz CT molecular complexity index is 1020. The van der Waals surface area contributed by atoms with Crippen molar-refractivity contribution in [2.45, 2.75) is 37.9 Å². The van der Waals surface area contributed by atoms with Crippen molar-refractivity contribution in [2.75, 3.05) is 19.7 Å². The SMILES string of the molecule is O=C(C1CCCO1)N1CCC(Oc2ccc(-c3cnc4ccccc4c3)cc2)CC1. The number of piperidine rings is 1. The Morgan fingerprint density at radius 2 is 1.80 bits per heavy atom. The van der Waals surface area contributed by atoms with Gasteiger partial charge in [-0.1, -0.05) is 30.3 Å². The van der Waals surface area contributed by atoms with E-state index in [1.165, 1.54) is 0 Å². The van der Waals surface area contributed by atoms with E-state index in [0.717, 1.165) is 66.6 Å². The van der Waals surface area contributed by atoms with E-state index in [0.29, 0.717) is 6.61 Å². The van der Waals surface area contributed by atoms with Crippen molar-refractivity contribution in [3.05, 3.63) is 60.8 Å². The molecule has 1 atom stereocenters. The highest BCUT2D eigenvalue weighted by atomic mass is 16.5. The molecule has 0 spiro atoms. The number of amides is 1. The summed E-state index contributed by atoms with van der Waals surface area (Å²) in [5.74, 6) is 1.02. The molecule has 1 aromatic heterocycles. The highest BCUT2D eigenvalue weighted by molar-refractivity contribution is 5.83. The molecule has 0 aliphatic carbocycles. The number of ether oxygens (including phenoxy) is 2. The fourth-order valence-corrected chi connectivity index (χ4v) is 4.32. The third-order valence-electron chi connectivity index (χ3n) is 6.04. The van der Waals surface area contributed by atoms with Gasteiger partial charge >= 0.3 is 0 Å². The number of benzene rings is 2. The first kappa shape index (κ1) is 19.1. The predicted molar refractivity (Wildman–Crippen MR) is 116 cm³/mol. The van der Waals surface area contributed by atoms with E-state index in [9.17, 15) is 4.79 Å². The molecule has 3 aromatic rings. The molecule has 2 aromatic carbocycles. The van der Waals surface area contributed by atoms with E-state index in [4.69, 9.17) is 9.47 Å². The number of carbonyl (C=O) groups excluding carboxylic acids is 1. The smallest absolute Gasteiger partial charge is 0.251 e. The monoisotopic (exact) mass is 402 g/mol. The van der Waals surface area contributed by atoms with Crippen LogP contribution in [-0.2, 0) is 9.53 Å². The minimum atomic E-state index is -0.223. The summed E-state index contributed by atoms with van der Waals surface area (Å²) >= 11 is 0. The van der Waals surface area contributed by atoms with Crippen LogP contribution in [0.5, 0.6) is 5.75 Å². The third kappa shape index (κ3) is 4.03. The normalized spacial score (nSPS) is 19.9. The third-order valence-corrected chi connectivity index (χ3v) is 6.04. The Balaban J connectivity index is 1.19. The van der Waals surface area contributed by atoms with E-state index in [1.54, 1.807) is 0 Å². The van der Waals surface area contributed by atoms with Gasteiger partial charge < -0.3 is 14.4 Å². The first-order chi connectivity index (χ1) is 14.8. The van der Waals surface area contributed by atoms with E-state index < -0.39 is 0 Å². The van der Waals surface area contributed by atoms with Crippen LogP contribution in [0.2, 0.25) is 0 Å². The fourth-order valence-electron chi connectivity index (χ4n) is 4.32. The molecule has 5 heteroatoms. The first-order valence-corrected chi connectivity index (χ1v) is 10.8. The zero-order valence-electron chi connectivity index (χ0n) is 17.0. The summed E-state index contributed by atoms with van der Waals surface area (Å²) in [5, 5.41) is 1.14. The maximum atomic E-state index is 12.5. The number of carbonyl (C=O) groups is 1. The maximum absolute atomic E-state index is 12.5. The fraction of sp³-hybridized carbons (Fsp3) is 0.360. The Hall–Kier alpha value is -2.92. The molecule has 2 aliphatic rings. The van der Waals surface area contributed by atoms with Gasteiger partial charge in [-0.05, 0) is 42.7 Å². The number of hydrogen-bond acceptors (Lipinski definition) is 4. The Labute approximate surface area is 176 Å². The molecule has 2 fully saturated rings. The first-order valence-electron chi connectivity index (χ1n) is 10.8. The van der Waals surface area contributed by atoms with E-state index in [2.05, 4.69) is 29.2 Å². The number of pyridine rings is 1. The zero-order chi connectivity index (χ0) is 20.3. The molecule has 30 heavy (non-hydrogen) atoms. The molecule has 0 radical (unpaired) electrons. The topological polar surface area (TPSA) is 51.7 Å². The van der Waals surface area contributed by atoms with Gasteiger partial charge in [0.15, 0.2) is 0 Å². The molecular weight excluding hydrogens is 376 g/mol. The number of para-hydroxylation sites is 1. The summed E-state index contributed by atoms with van der Waals surface area (Å²) in [4.78, 5) is 19.0. The lowest BCUT2D eigenvalue weighted by Crippen LogP contribution is -2.45. The number of fused-ring (bicyclic) bond motifs is 1. The second-order valence-corrected chi connectivity index (χ2v) is 8.09. The summed E-state index contributed by atoms with van der Waals surface area (Å²) in [7, 11) is 0. The molecule has 1 amide bonds. The van der Waals surface area contributed by atoms with Gasteiger partial charge in [-0.2, -0.15) is 0 Å². The van der Waals surface area contributed by atoms with Crippen LogP contribution in [0.25, 0.3) is 22.0 Å². The predicted octanol–water partition coefficient (Wildman–Crippen LogP) is 4.45. The van der Waals surface area contributed by atoms with Crippen molar-refractivity contribution >= 4 is 16.8 Å². The lowest BCUT2D eigenvalue weighted by molar-refractivity contribution is -0.142. The standard InChI is InChI=1S/C25H26N2O3/c28-25(24-6-3-15-29-24)27-13-11-22(12-14-27)30-21-9-7-18(8-10-21)20-16-19-4-1-2-5-23(19)26-17-20/h1-2,4-5,7-10,16-17,22,24H,3,6,11-15H2. The van der Waals surface area contributed by atoms with E-state index >= 15 is 0 Å². The van der Waals surface area contributed by atoms with Crippen LogP contribution in [-0.4, -0.2) is 47.7 Å². The van der Waals surface area contributed by atoms with Crippen LogP contribution < -0.4 is 4.74 Å². The Kier molecular flexibility index (Phi) is 5.37. The molecule has 3 heterocycles. The van der Waals surface area contributed by atoms with Crippen molar-refractivity contribution in [1.82, 2.24) is 9.88 Å². The van der Waals surface area contributed by atoms with Crippen molar-refractivity contribution < 1.29 is 14.3 Å². The van der Waals surface area contributed by atoms with Gasteiger partial charge in [0, 0.05) is 49.7 Å². The van der Waals surface area contributed by atoms with Crippen LogP contribution in [0.3, 0.4) is 0 Å². The Morgan fingerprint density at radius 3 is 2.57 bits per heavy atom. The van der Waals surface area contributed by atoms with Gasteiger partial charge in [0.2, 0.25) is 0 Å². The van der Waals surface area contributed by atoms with Crippen molar-refractivity contribution in [3.63, 3.8) is 0 Å². The molecule has 154 valence electrons. The molecule has 0 N–H and O–H groups in total. The molecule has 0 saturated carbocycles. The average Bonchev–Trinajstić information content (AvgIpc) is 3.34. The number of hydrogen-bond donors (Lipinski definition) is 0. The highest BCUT2D eigenvalue weighted by Crippen LogP contribution is 2.27. The largest absolute Gasteiger partial charge is 0.490 e. The average molecular weight is 402 g/mol. The lowest BCUT2D eigenvalue weighted by atomic mass is 10.0. The maximum Gasteiger partial charge on any atom is 0.251 e. The minimum Gasteiger partial charge on any atom is -0.490 e. The lowest BCUT2D eigenvalue weighted by Gasteiger charge is -2.33. The number of aromatic nitrogens is 1. The van der Waals surface area contributed by atoms with Crippen LogP contribution >= 0.6 is 0 Å². The van der Waals surface area contributed by atoms with E-state index in [1.807, 2.05) is 41.4 Å². The van der Waals surface area contributed by atoms with Crippen molar-refractivity contribution in [2.24, 2.45) is 0 Å². The van der Waals surface area contributed by atoms with Crippen LogP contribution in [0, 0.1) is 0 Å². The van der Waals surface area contributed by atoms with Gasteiger partial charge in [0.1, 0.15) is 18.0 Å². The van der Waals surface area contributed by atoms with Crippen LogP contribution in [0.1, 0.15) is 25.7 Å². The summed E-state index contributed by atoms with van der Waals surface area (Å²) in [6.45, 7) is 2.19. The van der Waals surface area contributed by atoms with Crippen LogP contribution in [0.15, 0.2) is 60.8 Å². The van der Waals surface area contributed by atoms with E-state index in [-0.39, 0.29) is 18.1 Å². The quantitative estimate of drug-likeness (QED) is 0.647. The highest BCUT2D eigenvalue weighted by Gasteiger charge is 2.31. The zero-order valence-corrected chi connectivity index (χ0v) is 17.0. The van der Waals surface area contributed by atoms with Crippen molar-refractivity contribution in [1.29, 1.82) is 0 Å². The number of rotatable bonds is 4. The molecule has 0 bridgehead atoms. The van der Waals surface area contributed by atoms with Gasteiger partial charge in [0.25, 0.3) is 5.91 Å². The minimum absolute atomic E-state index is 0.145. The summed E-state index contributed by atoms with van der Waals surface area (Å²) < 4.78 is 11.7. The second-order valence-electron chi connectivity index (χ2n) is 8.09. The van der Waals surface area contributed by atoms with Gasteiger partial charge in [-0.3, -0.25) is 9.78 Å². The summed E-state index contributed by atoms with van der Waals surface area (Å²) in [6.07, 6.45) is 5.39. The Morgan fingerprint density at radius 1 is 1.00 bits per heavy atom. The second kappa shape index (κ2) is 8.44. The molecule has 5 rings (SSSR count). The summed E-state index contributed by atoms with van der Waals surface area (Å²) in [6, 6.07) is 18.5. The van der Waals surface area contributed by atoms with Gasteiger partial charge in [0.05, 0.1) is 5.52 Å². The molecule has 2 saturated heterocycles. The molecule has 2 aliphatic heterocycles.